The number of amides is 1. The second-order valence-corrected chi connectivity index (χ2v) is 7.56. The zero-order valence-electron chi connectivity index (χ0n) is 10.9. The van der Waals surface area contributed by atoms with Crippen LogP contribution in [-0.2, 0) is 0 Å². The number of carbonyl (C=O) groups is 1. The molecule has 1 rings (SSSR count). The zero-order chi connectivity index (χ0) is 13.0. The van der Waals surface area contributed by atoms with Gasteiger partial charge >= 0.3 is 0 Å². The molecule has 2 nitrogen and oxygen atoms in total. The standard InChI is InChI=1S/C13H20BrNOS/c1-9(2)7-15(8-10(3)4)13(16)11-5-6-12(14)17-11/h5-6,9-10H,7-8H2,1-4H3. The van der Waals surface area contributed by atoms with Crippen molar-refractivity contribution in [1.29, 1.82) is 0 Å². The Kier molecular flexibility index (Phi) is 5.67. The molecule has 1 aromatic heterocycles. The van der Waals surface area contributed by atoms with Crippen LogP contribution in [0.4, 0.5) is 0 Å². The van der Waals surface area contributed by atoms with E-state index in [0.29, 0.717) is 11.8 Å². The summed E-state index contributed by atoms with van der Waals surface area (Å²) in [6.07, 6.45) is 0. The first-order valence-corrected chi connectivity index (χ1v) is 7.55. The number of thiophene rings is 1. The molecular weight excluding hydrogens is 298 g/mol. The summed E-state index contributed by atoms with van der Waals surface area (Å²) in [6.45, 7) is 10.2. The first kappa shape index (κ1) is 14.7. The van der Waals surface area contributed by atoms with Gasteiger partial charge in [-0.3, -0.25) is 4.79 Å². The molecule has 0 saturated carbocycles. The predicted molar refractivity (Wildman–Crippen MR) is 77.6 cm³/mol. The lowest BCUT2D eigenvalue weighted by molar-refractivity contribution is 0.0720. The minimum Gasteiger partial charge on any atom is -0.337 e. The first-order valence-electron chi connectivity index (χ1n) is 5.94. The van der Waals surface area contributed by atoms with Crippen molar-refractivity contribution < 1.29 is 4.79 Å². The molecule has 4 heteroatoms. The van der Waals surface area contributed by atoms with Crippen molar-refractivity contribution in [3.63, 3.8) is 0 Å². The predicted octanol–water partition coefficient (Wildman–Crippen LogP) is 4.26. The molecule has 0 aromatic carbocycles. The highest BCUT2D eigenvalue weighted by Crippen LogP contribution is 2.24. The van der Waals surface area contributed by atoms with Gasteiger partial charge < -0.3 is 4.90 Å². The molecule has 0 saturated heterocycles. The Morgan fingerprint density at radius 2 is 1.76 bits per heavy atom. The number of hydrogen-bond acceptors (Lipinski definition) is 2. The number of carbonyl (C=O) groups excluding carboxylic acids is 1. The molecule has 1 aromatic rings. The molecule has 0 bridgehead atoms. The quantitative estimate of drug-likeness (QED) is 0.794. The lowest BCUT2D eigenvalue weighted by atomic mass is 10.1. The van der Waals surface area contributed by atoms with Crippen LogP contribution >= 0.6 is 27.3 Å². The normalized spacial score (nSPS) is 11.2. The van der Waals surface area contributed by atoms with Crippen molar-refractivity contribution in [3.05, 3.63) is 20.8 Å². The van der Waals surface area contributed by atoms with E-state index in [1.54, 1.807) is 0 Å². The molecule has 0 radical (unpaired) electrons. The molecule has 0 spiro atoms. The van der Waals surface area contributed by atoms with Crippen LogP contribution in [0.15, 0.2) is 15.9 Å². The maximum absolute atomic E-state index is 12.3. The van der Waals surface area contributed by atoms with Gasteiger partial charge in [0.15, 0.2) is 0 Å². The molecule has 0 aliphatic heterocycles. The van der Waals surface area contributed by atoms with Gasteiger partial charge in [-0.15, -0.1) is 11.3 Å². The fourth-order valence-corrected chi connectivity index (χ4v) is 3.06. The van der Waals surface area contributed by atoms with E-state index in [0.717, 1.165) is 21.8 Å². The number of halogens is 1. The molecule has 0 aliphatic carbocycles. The number of rotatable bonds is 5. The molecule has 0 unspecified atom stereocenters. The minimum absolute atomic E-state index is 0.156. The van der Waals surface area contributed by atoms with Crippen LogP contribution in [0.1, 0.15) is 37.4 Å². The molecule has 1 amide bonds. The van der Waals surface area contributed by atoms with E-state index >= 15 is 0 Å². The van der Waals surface area contributed by atoms with Crippen molar-refractivity contribution in [2.45, 2.75) is 27.7 Å². The average molecular weight is 318 g/mol. The molecule has 17 heavy (non-hydrogen) atoms. The molecule has 0 aliphatic rings. The molecule has 0 fully saturated rings. The molecule has 0 atom stereocenters. The zero-order valence-corrected chi connectivity index (χ0v) is 13.3. The summed E-state index contributed by atoms with van der Waals surface area (Å²) < 4.78 is 1.01. The van der Waals surface area contributed by atoms with Crippen LogP contribution in [-0.4, -0.2) is 23.9 Å². The van der Waals surface area contributed by atoms with Crippen molar-refractivity contribution in [1.82, 2.24) is 4.90 Å². The lowest BCUT2D eigenvalue weighted by Crippen LogP contribution is -2.36. The van der Waals surface area contributed by atoms with Gasteiger partial charge in [0.05, 0.1) is 8.66 Å². The Balaban J connectivity index is 2.78. The Morgan fingerprint density at radius 1 is 1.24 bits per heavy atom. The van der Waals surface area contributed by atoms with Crippen LogP contribution < -0.4 is 0 Å². The Bertz CT molecular complexity index is 363. The van der Waals surface area contributed by atoms with Gasteiger partial charge in [-0.2, -0.15) is 0 Å². The molecule has 0 N–H and O–H groups in total. The summed E-state index contributed by atoms with van der Waals surface area (Å²) in [5.74, 6) is 1.16. The van der Waals surface area contributed by atoms with Gasteiger partial charge in [-0.25, -0.2) is 0 Å². The summed E-state index contributed by atoms with van der Waals surface area (Å²) in [6, 6.07) is 3.82. The van der Waals surface area contributed by atoms with Crippen LogP contribution in [0.2, 0.25) is 0 Å². The van der Waals surface area contributed by atoms with Crippen molar-refractivity contribution in [2.75, 3.05) is 13.1 Å². The van der Waals surface area contributed by atoms with Gasteiger partial charge in [-0.1, -0.05) is 27.7 Å². The number of hydrogen-bond donors (Lipinski definition) is 0. The Hall–Kier alpha value is -0.350. The monoisotopic (exact) mass is 317 g/mol. The average Bonchev–Trinajstić information content (AvgIpc) is 2.61. The smallest absolute Gasteiger partial charge is 0.263 e. The summed E-state index contributed by atoms with van der Waals surface area (Å²) in [5.41, 5.74) is 0. The van der Waals surface area contributed by atoms with Crippen LogP contribution in [0.25, 0.3) is 0 Å². The molecular formula is C13H20BrNOS. The van der Waals surface area contributed by atoms with Crippen LogP contribution in [0.5, 0.6) is 0 Å². The van der Waals surface area contributed by atoms with Gasteiger partial charge in [0, 0.05) is 13.1 Å². The second kappa shape index (κ2) is 6.55. The topological polar surface area (TPSA) is 20.3 Å². The highest BCUT2D eigenvalue weighted by Gasteiger charge is 2.19. The van der Waals surface area contributed by atoms with E-state index in [4.69, 9.17) is 0 Å². The lowest BCUT2D eigenvalue weighted by Gasteiger charge is -2.25. The van der Waals surface area contributed by atoms with Crippen molar-refractivity contribution in [2.24, 2.45) is 11.8 Å². The third kappa shape index (κ3) is 4.80. The minimum atomic E-state index is 0.156. The van der Waals surface area contributed by atoms with E-state index in [2.05, 4.69) is 43.6 Å². The van der Waals surface area contributed by atoms with Gasteiger partial charge in [0.25, 0.3) is 5.91 Å². The fourth-order valence-electron chi connectivity index (χ4n) is 1.71. The van der Waals surface area contributed by atoms with E-state index in [1.807, 2.05) is 17.0 Å². The van der Waals surface area contributed by atoms with Gasteiger partial charge in [0.2, 0.25) is 0 Å². The van der Waals surface area contributed by atoms with Crippen LogP contribution in [0, 0.1) is 11.8 Å². The van der Waals surface area contributed by atoms with Crippen LogP contribution in [0.3, 0.4) is 0 Å². The van der Waals surface area contributed by atoms with E-state index < -0.39 is 0 Å². The molecule has 96 valence electrons. The third-order valence-corrected chi connectivity index (χ3v) is 3.85. The maximum Gasteiger partial charge on any atom is 0.263 e. The first-order chi connectivity index (χ1) is 7.90. The van der Waals surface area contributed by atoms with Gasteiger partial charge in [-0.05, 0) is 39.9 Å². The Labute approximate surface area is 116 Å². The molecule has 1 heterocycles. The largest absolute Gasteiger partial charge is 0.337 e. The highest BCUT2D eigenvalue weighted by molar-refractivity contribution is 9.11. The second-order valence-electron chi connectivity index (χ2n) is 5.10. The van der Waals surface area contributed by atoms with E-state index in [1.165, 1.54) is 11.3 Å². The number of nitrogens with zero attached hydrogens (tertiary/aromatic N) is 1. The Morgan fingerprint density at radius 3 is 2.12 bits per heavy atom. The summed E-state index contributed by atoms with van der Waals surface area (Å²) in [7, 11) is 0. The summed E-state index contributed by atoms with van der Waals surface area (Å²) in [5, 5.41) is 0. The fraction of sp³-hybridized carbons (Fsp3) is 0.615. The van der Waals surface area contributed by atoms with Crippen molar-refractivity contribution >= 4 is 33.2 Å². The maximum atomic E-state index is 12.3. The summed E-state index contributed by atoms with van der Waals surface area (Å²) >= 11 is 4.90. The van der Waals surface area contributed by atoms with E-state index in [9.17, 15) is 4.79 Å². The highest BCUT2D eigenvalue weighted by atomic mass is 79.9. The summed E-state index contributed by atoms with van der Waals surface area (Å²) in [4.78, 5) is 15.1. The van der Waals surface area contributed by atoms with Gasteiger partial charge in [0.1, 0.15) is 0 Å². The van der Waals surface area contributed by atoms with E-state index in [-0.39, 0.29) is 5.91 Å². The van der Waals surface area contributed by atoms with Crippen molar-refractivity contribution in [3.8, 4) is 0 Å². The third-order valence-electron chi connectivity index (χ3n) is 2.24. The SMILES string of the molecule is CC(C)CN(CC(C)C)C(=O)c1ccc(Br)s1.